The Balaban J connectivity index is 3.06. The predicted octanol–water partition coefficient (Wildman–Crippen LogP) is 4.12. The van der Waals surface area contributed by atoms with Gasteiger partial charge in [-0.3, -0.25) is 0 Å². The molecular weight excluding hydrogens is 369 g/mol. The minimum absolute atomic E-state index is 0.0448. The zero-order chi connectivity index (χ0) is 10.7. The number of rotatable bonds is 3. The van der Waals surface area contributed by atoms with Gasteiger partial charge in [-0.1, -0.05) is 6.92 Å². The average molecular weight is 377 g/mol. The van der Waals surface area contributed by atoms with Crippen LogP contribution in [-0.2, 0) is 0 Å². The Bertz CT molecular complexity index is 344. The van der Waals surface area contributed by atoms with Gasteiger partial charge in [0.15, 0.2) is 11.6 Å². The number of ether oxygens (including phenoxy) is 1. The summed E-state index contributed by atoms with van der Waals surface area (Å²) < 4.78 is 32.2. The van der Waals surface area contributed by atoms with Gasteiger partial charge in [0.05, 0.1) is 10.2 Å². The molecule has 0 fully saturated rings. The maximum absolute atomic E-state index is 13.2. The third-order valence-electron chi connectivity index (χ3n) is 1.53. The fourth-order valence-corrected chi connectivity index (χ4v) is 1.64. The number of benzene rings is 1. The lowest BCUT2D eigenvalue weighted by Crippen LogP contribution is -2.01. The Labute approximate surface area is 103 Å². The molecule has 78 valence electrons. The summed E-state index contributed by atoms with van der Waals surface area (Å²) in [6.45, 7) is 2.28. The highest BCUT2D eigenvalue weighted by Crippen LogP contribution is 2.30. The first-order valence-electron chi connectivity index (χ1n) is 4.03. The standard InChI is InChI=1S/C9H8BrF2IO/c1-2-3-14-6-4-5(10)9(13)8(12)7(6)11/h4H,2-3H2,1H3. The van der Waals surface area contributed by atoms with Crippen molar-refractivity contribution in [2.75, 3.05) is 6.61 Å². The van der Waals surface area contributed by atoms with E-state index >= 15 is 0 Å². The quantitative estimate of drug-likeness (QED) is 0.438. The minimum atomic E-state index is -0.925. The molecule has 0 unspecified atom stereocenters. The van der Waals surface area contributed by atoms with Crippen molar-refractivity contribution < 1.29 is 13.5 Å². The van der Waals surface area contributed by atoms with Crippen LogP contribution in [0.1, 0.15) is 13.3 Å². The van der Waals surface area contributed by atoms with E-state index in [1.165, 1.54) is 6.07 Å². The molecule has 0 atom stereocenters. The van der Waals surface area contributed by atoms with Crippen molar-refractivity contribution in [3.8, 4) is 5.75 Å². The third-order valence-corrected chi connectivity index (χ3v) is 3.95. The second kappa shape index (κ2) is 5.25. The van der Waals surface area contributed by atoms with E-state index in [1.807, 2.05) is 6.92 Å². The van der Waals surface area contributed by atoms with Crippen LogP contribution in [0.4, 0.5) is 8.78 Å². The summed E-state index contributed by atoms with van der Waals surface area (Å²) in [5.41, 5.74) is 0. The SMILES string of the molecule is CCCOc1cc(Br)c(I)c(F)c1F. The van der Waals surface area contributed by atoms with Crippen LogP contribution in [-0.4, -0.2) is 6.61 Å². The largest absolute Gasteiger partial charge is 0.490 e. The summed E-state index contributed by atoms with van der Waals surface area (Å²) in [7, 11) is 0. The zero-order valence-electron chi connectivity index (χ0n) is 7.41. The normalized spacial score (nSPS) is 10.4. The minimum Gasteiger partial charge on any atom is -0.490 e. The second-order valence-corrected chi connectivity index (χ2v) is 4.58. The molecule has 0 aliphatic carbocycles. The summed E-state index contributed by atoms with van der Waals surface area (Å²) in [6.07, 6.45) is 0.755. The van der Waals surface area contributed by atoms with Crippen molar-refractivity contribution in [2.45, 2.75) is 13.3 Å². The van der Waals surface area contributed by atoms with Crippen molar-refractivity contribution in [2.24, 2.45) is 0 Å². The molecular formula is C9H8BrF2IO. The number of hydrogen-bond acceptors (Lipinski definition) is 1. The first-order valence-corrected chi connectivity index (χ1v) is 5.90. The van der Waals surface area contributed by atoms with E-state index < -0.39 is 11.6 Å². The molecule has 5 heteroatoms. The molecule has 14 heavy (non-hydrogen) atoms. The van der Waals surface area contributed by atoms with E-state index in [2.05, 4.69) is 15.9 Å². The first kappa shape index (κ1) is 12.2. The Morgan fingerprint density at radius 1 is 1.43 bits per heavy atom. The van der Waals surface area contributed by atoms with Crippen LogP contribution < -0.4 is 4.74 Å². The van der Waals surface area contributed by atoms with Gasteiger partial charge in [-0.2, -0.15) is 4.39 Å². The van der Waals surface area contributed by atoms with Crippen molar-refractivity contribution >= 4 is 38.5 Å². The summed E-state index contributed by atoms with van der Waals surface area (Å²) in [5, 5.41) is 0. The van der Waals surface area contributed by atoms with Crippen LogP contribution in [0.5, 0.6) is 5.75 Å². The second-order valence-electron chi connectivity index (χ2n) is 2.65. The molecule has 0 aliphatic rings. The van der Waals surface area contributed by atoms with Crippen LogP contribution in [0.15, 0.2) is 10.5 Å². The molecule has 0 N–H and O–H groups in total. The van der Waals surface area contributed by atoms with Crippen molar-refractivity contribution in [3.05, 3.63) is 25.7 Å². The highest BCUT2D eigenvalue weighted by molar-refractivity contribution is 14.1. The molecule has 0 saturated carbocycles. The van der Waals surface area contributed by atoms with Gasteiger partial charge in [0.2, 0.25) is 5.82 Å². The van der Waals surface area contributed by atoms with Crippen LogP contribution >= 0.6 is 38.5 Å². The lowest BCUT2D eigenvalue weighted by atomic mass is 10.3. The Morgan fingerprint density at radius 2 is 2.07 bits per heavy atom. The Kier molecular flexibility index (Phi) is 4.56. The molecule has 0 saturated heterocycles. The van der Waals surface area contributed by atoms with Gasteiger partial charge in [0.25, 0.3) is 0 Å². The first-order chi connectivity index (χ1) is 6.57. The van der Waals surface area contributed by atoms with Crippen LogP contribution in [0.25, 0.3) is 0 Å². The molecule has 1 aromatic rings. The summed E-state index contributed by atoms with van der Waals surface area (Å²) in [4.78, 5) is 0. The maximum Gasteiger partial charge on any atom is 0.201 e. The summed E-state index contributed by atoms with van der Waals surface area (Å²) >= 11 is 4.86. The van der Waals surface area contributed by atoms with Gasteiger partial charge in [-0.25, -0.2) is 4.39 Å². The van der Waals surface area contributed by atoms with E-state index in [-0.39, 0.29) is 9.32 Å². The molecule has 0 heterocycles. The smallest absolute Gasteiger partial charge is 0.201 e. The fraction of sp³-hybridized carbons (Fsp3) is 0.333. The lowest BCUT2D eigenvalue weighted by molar-refractivity contribution is 0.294. The van der Waals surface area contributed by atoms with Crippen LogP contribution in [0.3, 0.4) is 0 Å². The maximum atomic E-state index is 13.2. The van der Waals surface area contributed by atoms with Gasteiger partial charge in [0.1, 0.15) is 0 Å². The van der Waals surface area contributed by atoms with Gasteiger partial charge in [0, 0.05) is 4.47 Å². The highest BCUT2D eigenvalue weighted by Gasteiger charge is 2.16. The molecule has 1 aromatic carbocycles. The number of hydrogen-bond donors (Lipinski definition) is 0. The molecule has 1 rings (SSSR count). The van der Waals surface area contributed by atoms with Crippen LogP contribution in [0, 0.1) is 15.2 Å². The third kappa shape index (κ3) is 2.56. The molecule has 0 amide bonds. The Morgan fingerprint density at radius 3 is 2.64 bits per heavy atom. The van der Waals surface area contributed by atoms with Gasteiger partial charge < -0.3 is 4.74 Å². The monoisotopic (exact) mass is 376 g/mol. The number of halogens is 4. The van der Waals surface area contributed by atoms with E-state index in [4.69, 9.17) is 4.74 Å². The van der Waals surface area contributed by atoms with E-state index in [9.17, 15) is 8.78 Å². The molecule has 0 spiro atoms. The lowest BCUT2D eigenvalue weighted by Gasteiger charge is -2.08. The molecule has 0 bridgehead atoms. The van der Waals surface area contributed by atoms with E-state index in [0.29, 0.717) is 11.1 Å². The molecule has 0 aliphatic heterocycles. The van der Waals surface area contributed by atoms with Crippen molar-refractivity contribution in [3.63, 3.8) is 0 Å². The molecule has 1 nitrogen and oxygen atoms in total. The fourth-order valence-electron chi connectivity index (χ4n) is 0.868. The molecule has 0 radical (unpaired) electrons. The van der Waals surface area contributed by atoms with Crippen molar-refractivity contribution in [1.29, 1.82) is 0 Å². The Hall–Kier alpha value is 0.0900. The van der Waals surface area contributed by atoms with Gasteiger partial charge in [-0.15, -0.1) is 0 Å². The van der Waals surface area contributed by atoms with E-state index in [1.54, 1.807) is 22.6 Å². The van der Waals surface area contributed by atoms with Gasteiger partial charge in [-0.05, 0) is 51.0 Å². The predicted molar refractivity (Wildman–Crippen MR) is 62.6 cm³/mol. The zero-order valence-corrected chi connectivity index (χ0v) is 11.2. The topological polar surface area (TPSA) is 9.23 Å². The summed E-state index contributed by atoms with van der Waals surface area (Å²) in [6, 6.07) is 1.44. The highest BCUT2D eigenvalue weighted by atomic mass is 127. The van der Waals surface area contributed by atoms with Crippen molar-refractivity contribution in [1.82, 2.24) is 0 Å². The average Bonchev–Trinajstić information content (AvgIpc) is 2.18. The molecule has 0 aromatic heterocycles. The van der Waals surface area contributed by atoms with E-state index in [0.717, 1.165) is 6.42 Å². The van der Waals surface area contributed by atoms with Crippen LogP contribution in [0.2, 0.25) is 0 Å². The summed E-state index contributed by atoms with van der Waals surface area (Å²) in [5.74, 6) is -1.84. The van der Waals surface area contributed by atoms with Gasteiger partial charge >= 0.3 is 0 Å².